The molecule has 0 aliphatic heterocycles. The second-order valence-corrected chi connectivity index (χ2v) is 7.01. The third-order valence-corrected chi connectivity index (χ3v) is 5.13. The Balaban J connectivity index is 2.01. The average molecular weight is 302 g/mol. The first kappa shape index (κ1) is 15.3. The molecule has 20 heavy (non-hydrogen) atoms. The van der Waals surface area contributed by atoms with Gasteiger partial charge in [-0.1, -0.05) is 6.42 Å². The highest BCUT2D eigenvalue weighted by molar-refractivity contribution is 7.89. The second-order valence-electron chi connectivity index (χ2n) is 5.27. The van der Waals surface area contributed by atoms with Crippen molar-refractivity contribution in [3.05, 3.63) is 6.20 Å². The minimum Gasteiger partial charge on any atom is -0.393 e. The number of nitrogens with two attached hydrogens (primary N) is 1. The molecule has 1 aromatic heterocycles. The van der Waals surface area contributed by atoms with Crippen molar-refractivity contribution in [2.45, 2.75) is 50.2 Å². The van der Waals surface area contributed by atoms with E-state index in [0.29, 0.717) is 19.5 Å². The van der Waals surface area contributed by atoms with Crippen molar-refractivity contribution in [1.82, 2.24) is 14.5 Å². The van der Waals surface area contributed by atoms with Gasteiger partial charge in [0.25, 0.3) is 0 Å². The number of nitrogen functional groups attached to an aromatic ring is 1. The van der Waals surface area contributed by atoms with Crippen molar-refractivity contribution in [2.75, 3.05) is 12.3 Å². The van der Waals surface area contributed by atoms with Crippen LogP contribution in [-0.4, -0.2) is 36.0 Å². The third-order valence-electron chi connectivity index (χ3n) is 3.69. The lowest BCUT2D eigenvalue weighted by Crippen LogP contribution is -2.33. The Kier molecular flexibility index (Phi) is 4.66. The Morgan fingerprint density at radius 2 is 2.30 bits per heavy atom. The van der Waals surface area contributed by atoms with E-state index in [1.807, 2.05) is 6.92 Å². The predicted molar refractivity (Wildman–Crippen MR) is 75.5 cm³/mol. The van der Waals surface area contributed by atoms with Gasteiger partial charge < -0.3 is 10.8 Å². The number of nitrogens with zero attached hydrogens (tertiary/aromatic N) is 2. The summed E-state index contributed by atoms with van der Waals surface area (Å²) >= 11 is 0. The number of anilines is 1. The van der Waals surface area contributed by atoms with E-state index in [0.717, 1.165) is 19.3 Å². The normalized spacial score (nSPS) is 23.9. The van der Waals surface area contributed by atoms with Gasteiger partial charge in [-0.2, -0.15) is 5.10 Å². The summed E-state index contributed by atoms with van der Waals surface area (Å²) in [5.74, 6) is 0.194. The van der Waals surface area contributed by atoms with Crippen LogP contribution in [-0.2, 0) is 16.6 Å². The number of rotatable bonds is 5. The summed E-state index contributed by atoms with van der Waals surface area (Å²) < 4.78 is 28.5. The molecule has 0 saturated heterocycles. The SMILES string of the molecule is CCn1cc(S(=O)(=O)NCC2CCCC(O)C2)c(N)n1. The van der Waals surface area contributed by atoms with Gasteiger partial charge in [-0.05, 0) is 32.1 Å². The number of aliphatic hydroxyl groups excluding tert-OH is 1. The van der Waals surface area contributed by atoms with E-state index < -0.39 is 10.0 Å². The zero-order valence-corrected chi connectivity index (χ0v) is 12.4. The average Bonchev–Trinajstić information content (AvgIpc) is 2.79. The highest BCUT2D eigenvalue weighted by Crippen LogP contribution is 2.24. The molecule has 114 valence electrons. The summed E-state index contributed by atoms with van der Waals surface area (Å²) in [6, 6.07) is 0. The summed E-state index contributed by atoms with van der Waals surface area (Å²) in [6.07, 6.45) is 4.44. The summed E-state index contributed by atoms with van der Waals surface area (Å²) in [5.41, 5.74) is 5.64. The third kappa shape index (κ3) is 3.50. The molecule has 1 aromatic rings. The Hall–Kier alpha value is -1.12. The molecule has 2 unspecified atom stereocenters. The highest BCUT2D eigenvalue weighted by Gasteiger charge is 2.25. The highest BCUT2D eigenvalue weighted by atomic mass is 32.2. The fourth-order valence-electron chi connectivity index (χ4n) is 2.54. The number of aliphatic hydroxyl groups is 1. The van der Waals surface area contributed by atoms with Gasteiger partial charge in [-0.25, -0.2) is 13.1 Å². The molecule has 1 saturated carbocycles. The minimum absolute atomic E-state index is 0.0167. The molecule has 1 heterocycles. The molecular weight excluding hydrogens is 280 g/mol. The molecule has 1 aliphatic carbocycles. The Morgan fingerprint density at radius 1 is 1.55 bits per heavy atom. The van der Waals surface area contributed by atoms with Gasteiger partial charge in [0.2, 0.25) is 10.0 Å². The topological polar surface area (TPSA) is 110 Å². The molecule has 2 atom stereocenters. The van der Waals surface area contributed by atoms with Crippen LogP contribution in [0, 0.1) is 5.92 Å². The number of aromatic nitrogens is 2. The van der Waals surface area contributed by atoms with Crippen LogP contribution in [0.15, 0.2) is 11.1 Å². The van der Waals surface area contributed by atoms with E-state index in [1.165, 1.54) is 10.9 Å². The molecule has 0 radical (unpaired) electrons. The number of hydrogen-bond acceptors (Lipinski definition) is 5. The molecule has 0 amide bonds. The Labute approximate surface area is 119 Å². The number of aryl methyl sites for hydroxylation is 1. The summed E-state index contributed by atoms with van der Waals surface area (Å²) in [5, 5.41) is 13.5. The molecule has 2 rings (SSSR count). The fraction of sp³-hybridized carbons (Fsp3) is 0.750. The van der Waals surface area contributed by atoms with E-state index in [-0.39, 0.29) is 22.7 Å². The van der Waals surface area contributed by atoms with Gasteiger partial charge in [-0.3, -0.25) is 4.68 Å². The van der Waals surface area contributed by atoms with Crippen LogP contribution >= 0.6 is 0 Å². The quantitative estimate of drug-likeness (QED) is 0.725. The van der Waals surface area contributed by atoms with Crippen LogP contribution in [0.1, 0.15) is 32.6 Å². The van der Waals surface area contributed by atoms with Crippen molar-refractivity contribution in [3.8, 4) is 0 Å². The number of sulfonamides is 1. The van der Waals surface area contributed by atoms with Crippen molar-refractivity contribution < 1.29 is 13.5 Å². The van der Waals surface area contributed by atoms with Gasteiger partial charge in [-0.15, -0.1) is 0 Å². The maximum absolute atomic E-state index is 12.2. The van der Waals surface area contributed by atoms with Gasteiger partial charge in [0.1, 0.15) is 4.90 Å². The van der Waals surface area contributed by atoms with Crippen LogP contribution in [0.25, 0.3) is 0 Å². The number of nitrogens with one attached hydrogen (secondary N) is 1. The van der Waals surface area contributed by atoms with Gasteiger partial charge in [0, 0.05) is 19.3 Å². The van der Waals surface area contributed by atoms with E-state index in [9.17, 15) is 13.5 Å². The first-order valence-electron chi connectivity index (χ1n) is 6.93. The monoisotopic (exact) mass is 302 g/mol. The predicted octanol–water partition coefficient (Wildman–Crippen LogP) is 0.315. The van der Waals surface area contributed by atoms with Crippen molar-refractivity contribution in [2.24, 2.45) is 5.92 Å². The molecule has 4 N–H and O–H groups in total. The maximum atomic E-state index is 12.2. The smallest absolute Gasteiger partial charge is 0.245 e. The second kappa shape index (κ2) is 6.11. The van der Waals surface area contributed by atoms with Crippen LogP contribution in [0.5, 0.6) is 0 Å². The first-order chi connectivity index (χ1) is 9.42. The van der Waals surface area contributed by atoms with Crippen LogP contribution in [0.3, 0.4) is 0 Å². The fourth-order valence-corrected chi connectivity index (χ4v) is 3.73. The number of hydrogen-bond donors (Lipinski definition) is 3. The molecule has 0 spiro atoms. The lowest BCUT2D eigenvalue weighted by atomic mass is 9.87. The van der Waals surface area contributed by atoms with Crippen LogP contribution < -0.4 is 10.5 Å². The molecule has 1 aliphatic rings. The van der Waals surface area contributed by atoms with Gasteiger partial charge in [0.05, 0.1) is 6.10 Å². The molecule has 0 aromatic carbocycles. The van der Waals surface area contributed by atoms with Gasteiger partial charge >= 0.3 is 0 Å². The van der Waals surface area contributed by atoms with Crippen LogP contribution in [0.2, 0.25) is 0 Å². The lowest BCUT2D eigenvalue weighted by Gasteiger charge is -2.25. The first-order valence-corrected chi connectivity index (χ1v) is 8.41. The molecular formula is C12H22N4O3S. The van der Waals surface area contributed by atoms with Gasteiger partial charge in [0.15, 0.2) is 5.82 Å². The van der Waals surface area contributed by atoms with E-state index >= 15 is 0 Å². The van der Waals surface area contributed by atoms with E-state index in [4.69, 9.17) is 5.73 Å². The van der Waals surface area contributed by atoms with E-state index in [2.05, 4.69) is 9.82 Å². The zero-order chi connectivity index (χ0) is 14.8. The lowest BCUT2D eigenvalue weighted by molar-refractivity contribution is 0.102. The molecule has 7 nitrogen and oxygen atoms in total. The summed E-state index contributed by atoms with van der Waals surface area (Å²) in [4.78, 5) is 0.0238. The van der Waals surface area contributed by atoms with Crippen molar-refractivity contribution >= 4 is 15.8 Å². The molecule has 0 bridgehead atoms. The standard InChI is InChI=1S/C12H22N4O3S/c1-2-16-8-11(12(13)15-16)20(18,19)14-7-9-4-3-5-10(17)6-9/h8-10,14,17H,2-7H2,1H3,(H2,13,15). The molecule has 8 heteroatoms. The molecule has 1 fully saturated rings. The maximum Gasteiger partial charge on any atom is 0.245 e. The van der Waals surface area contributed by atoms with Crippen molar-refractivity contribution in [1.29, 1.82) is 0 Å². The Bertz CT molecular complexity index is 555. The minimum atomic E-state index is -3.64. The summed E-state index contributed by atoms with van der Waals surface area (Å²) in [6.45, 7) is 2.75. The Morgan fingerprint density at radius 3 is 2.90 bits per heavy atom. The van der Waals surface area contributed by atoms with Crippen LogP contribution in [0.4, 0.5) is 5.82 Å². The zero-order valence-electron chi connectivity index (χ0n) is 11.6. The van der Waals surface area contributed by atoms with Crippen molar-refractivity contribution in [3.63, 3.8) is 0 Å². The van der Waals surface area contributed by atoms with E-state index in [1.54, 1.807) is 0 Å². The largest absolute Gasteiger partial charge is 0.393 e. The summed E-state index contributed by atoms with van der Waals surface area (Å²) in [7, 11) is -3.64.